The van der Waals surface area contributed by atoms with E-state index in [2.05, 4.69) is 31.6 Å². The fourth-order valence-corrected chi connectivity index (χ4v) is 12.7. The first-order valence-corrected chi connectivity index (χ1v) is 33.6. The van der Waals surface area contributed by atoms with Crippen molar-refractivity contribution in [3.05, 3.63) is 77.1 Å². The van der Waals surface area contributed by atoms with Crippen molar-refractivity contribution in [1.29, 1.82) is 0 Å². The number of urea groups is 1. The van der Waals surface area contributed by atoms with Crippen molar-refractivity contribution in [3.63, 3.8) is 0 Å². The molecule has 12 atom stereocenters. The van der Waals surface area contributed by atoms with Crippen LogP contribution >= 0.6 is 23.2 Å². The Bertz CT molecular complexity index is 2900. The van der Waals surface area contributed by atoms with E-state index in [1.54, 1.807) is 92.5 Å². The van der Waals surface area contributed by atoms with Gasteiger partial charge in [0.1, 0.15) is 12.3 Å². The average molecular weight is 1340 g/mol. The lowest BCUT2D eigenvalue weighted by molar-refractivity contribution is -0.149. The Morgan fingerprint density at radius 2 is 1.47 bits per heavy atom. The number of benzene rings is 2. The van der Waals surface area contributed by atoms with Crippen LogP contribution in [0.25, 0.3) is 0 Å². The average Bonchev–Trinajstić information content (AvgIpc) is 2.01. The number of nitrogens with two attached hydrogens (primary N) is 1. The van der Waals surface area contributed by atoms with Crippen molar-refractivity contribution >= 4 is 82.1 Å². The van der Waals surface area contributed by atoms with Crippen LogP contribution in [-0.2, 0) is 72.7 Å². The number of methoxy groups -OCH3 is 2. The van der Waals surface area contributed by atoms with Crippen molar-refractivity contribution in [2.24, 2.45) is 41.2 Å². The summed E-state index contributed by atoms with van der Waals surface area (Å²) in [4.78, 5) is 128. The number of carbonyl (C=O) groups excluding carboxylic acids is 9. The Morgan fingerprint density at radius 1 is 0.796 bits per heavy atom. The first kappa shape index (κ1) is 78.7. The fraction of sp³-hybridized carbons (Fsp3) is 0.657. The van der Waals surface area contributed by atoms with Gasteiger partial charge in [-0.25, -0.2) is 14.3 Å². The van der Waals surface area contributed by atoms with Crippen molar-refractivity contribution in [1.82, 2.24) is 45.6 Å². The Morgan fingerprint density at radius 3 is 2.05 bits per heavy atom. The first-order valence-electron chi connectivity index (χ1n) is 32.5. The van der Waals surface area contributed by atoms with Gasteiger partial charge in [-0.05, 0) is 86.5 Å². The van der Waals surface area contributed by atoms with E-state index in [0.29, 0.717) is 73.4 Å². The molecular formula is C67H103Cl2N11O13. The molecule has 1 aliphatic rings. The minimum Gasteiger partial charge on any atom is -0.445 e. The summed E-state index contributed by atoms with van der Waals surface area (Å²) in [5.41, 5.74) is 8.13. The normalized spacial score (nSPS) is 16.8. The minimum atomic E-state index is -0.933. The van der Waals surface area contributed by atoms with Gasteiger partial charge in [0.25, 0.3) is 0 Å². The number of primary amides is 1. The summed E-state index contributed by atoms with van der Waals surface area (Å²) in [6.45, 7) is 17.4. The monoisotopic (exact) mass is 1340 g/mol. The highest BCUT2D eigenvalue weighted by atomic mass is 35.5. The number of aliphatic hydroxyl groups excluding tert-OH is 1. The van der Waals surface area contributed by atoms with Crippen molar-refractivity contribution in [2.75, 3.05) is 46.7 Å². The number of nitrogens with one attached hydrogen (secondary N) is 4. The number of halogens is 2. The van der Waals surface area contributed by atoms with Gasteiger partial charge in [0.2, 0.25) is 29.5 Å². The third-order valence-electron chi connectivity index (χ3n) is 18.0. The third-order valence-corrected chi connectivity index (χ3v) is 18.5. The standard InChI is InChI=1S/C67H103Cl2N11O13/c1-14-42(7)60(56(91-12)36-58(84)79-32-20-25-52(79)62(92-13)43(8)63(86)72-44(9)61(85)46-22-17-16-18-23-46)78(11)65(88)49(40(3)4)35-54(81)51(15-2)77(10)67(90)93-39-45-27-29-48(30-28-45)73-64(87)47(24-19-31-71-66(70)89)34-55(82)59(41(5)6)74-57(83)26-21-33-80-53(38-69)50(37-68)75-76-80/h16-18,22-23,27-30,40-44,47,49,51-52,56,59-62,85H,14-15,19-21,24-26,31-39H2,1-13H3,(H,72,86)(H,73,87)(H,74,83)(H3,70,71,89)/t42-,43+,44+,47+,49-,51-,52-,56+,59-,60-,61+,62+/m0/s1. The number of alkyl halides is 2. The van der Waals surface area contributed by atoms with Crippen LogP contribution in [0.2, 0.25) is 0 Å². The summed E-state index contributed by atoms with van der Waals surface area (Å²) in [5.74, 6) is -5.07. The molecule has 2 aromatic carbocycles. The van der Waals surface area contributed by atoms with Gasteiger partial charge in [-0.1, -0.05) is 109 Å². The van der Waals surface area contributed by atoms with Crippen LogP contribution in [0.3, 0.4) is 0 Å². The highest BCUT2D eigenvalue weighted by Gasteiger charge is 2.44. The van der Waals surface area contributed by atoms with Gasteiger partial charge in [0.15, 0.2) is 11.6 Å². The molecule has 7 N–H and O–H groups in total. The van der Waals surface area contributed by atoms with Gasteiger partial charge in [-0.15, -0.1) is 28.3 Å². The topological polar surface area (TPSA) is 316 Å². The van der Waals surface area contributed by atoms with Crippen LogP contribution in [0.5, 0.6) is 0 Å². The van der Waals surface area contributed by atoms with Crippen molar-refractivity contribution < 1.29 is 62.5 Å². The number of Topliss-reactive ketones (excluding diaryl/α,β-unsaturated/α-hetero) is 2. The van der Waals surface area contributed by atoms with Gasteiger partial charge < -0.3 is 61.0 Å². The lowest BCUT2D eigenvalue weighted by Gasteiger charge is -2.41. The molecule has 1 aromatic heterocycles. The second kappa shape index (κ2) is 39.2. The molecule has 0 unspecified atom stereocenters. The fourth-order valence-electron chi connectivity index (χ4n) is 12.2. The second-order valence-electron chi connectivity index (χ2n) is 25.2. The molecule has 0 aliphatic carbocycles. The number of rotatable bonds is 40. The molecule has 24 nitrogen and oxygen atoms in total. The molecule has 3 aromatic rings. The summed E-state index contributed by atoms with van der Waals surface area (Å²) >= 11 is 12.0. The molecular weight excluding hydrogens is 1240 g/mol. The number of anilines is 1. The van der Waals surface area contributed by atoms with Gasteiger partial charge >= 0.3 is 12.1 Å². The van der Waals surface area contributed by atoms with Crippen LogP contribution < -0.4 is 27.0 Å². The van der Waals surface area contributed by atoms with Gasteiger partial charge in [-0.2, -0.15) is 0 Å². The maximum atomic E-state index is 14.8. The summed E-state index contributed by atoms with van der Waals surface area (Å²) in [6.07, 6.45) is -0.349. The number of aliphatic hydroxyl groups is 1. The quantitative estimate of drug-likeness (QED) is 0.0232. The number of ketones is 2. The van der Waals surface area contributed by atoms with E-state index < -0.39 is 84.3 Å². The molecule has 4 rings (SSSR count). The number of hydrogen-bond donors (Lipinski definition) is 6. The Balaban J connectivity index is 1.37. The van der Waals surface area contributed by atoms with E-state index in [-0.39, 0.29) is 116 Å². The van der Waals surface area contributed by atoms with E-state index >= 15 is 0 Å². The summed E-state index contributed by atoms with van der Waals surface area (Å²) < 4.78 is 19.4. The predicted molar refractivity (Wildman–Crippen MR) is 355 cm³/mol. The number of hydrogen-bond acceptors (Lipinski definition) is 15. The number of ether oxygens (including phenoxy) is 3. The minimum absolute atomic E-state index is 0.0645. The zero-order valence-electron chi connectivity index (χ0n) is 56.7. The second-order valence-corrected chi connectivity index (χ2v) is 25.7. The number of nitrogens with zero attached hydrogens (tertiary/aromatic N) is 6. The molecule has 0 saturated carbocycles. The number of amides is 8. The summed E-state index contributed by atoms with van der Waals surface area (Å²) in [6, 6.07) is 11.5. The lowest BCUT2D eigenvalue weighted by atomic mass is 9.84. The maximum Gasteiger partial charge on any atom is 0.410 e. The molecule has 0 spiro atoms. The van der Waals surface area contributed by atoms with Crippen molar-refractivity contribution in [3.8, 4) is 0 Å². The van der Waals surface area contributed by atoms with Crippen LogP contribution in [0, 0.1) is 35.5 Å². The number of carbonyl (C=O) groups is 9. The Hall–Kier alpha value is -6.73. The van der Waals surface area contributed by atoms with E-state index in [9.17, 15) is 48.3 Å². The van der Waals surface area contributed by atoms with Gasteiger partial charge in [0, 0.05) is 84.7 Å². The van der Waals surface area contributed by atoms with Gasteiger partial charge in [0.05, 0.1) is 78.3 Å². The van der Waals surface area contributed by atoms with E-state index in [1.165, 1.54) is 26.2 Å². The van der Waals surface area contributed by atoms with Crippen molar-refractivity contribution in [2.45, 2.75) is 206 Å². The van der Waals surface area contributed by atoms with Crippen LogP contribution in [0.15, 0.2) is 54.6 Å². The van der Waals surface area contributed by atoms with E-state index in [1.807, 2.05) is 45.9 Å². The molecule has 0 bridgehead atoms. The predicted octanol–water partition coefficient (Wildman–Crippen LogP) is 8.08. The largest absolute Gasteiger partial charge is 0.445 e. The molecule has 518 valence electrons. The molecule has 1 fully saturated rings. The first-order chi connectivity index (χ1) is 44.2. The smallest absolute Gasteiger partial charge is 0.410 e. The van der Waals surface area contributed by atoms with Gasteiger partial charge in [-0.3, -0.25) is 33.6 Å². The molecule has 1 saturated heterocycles. The SMILES string of the molecule is CC[C@H](C)[C@@H]([C@@H](CC(=O)N1CCC[C@H]1[C@H](OC)[C@@H](C)C(=O)N[C@H](C)[C@@H](O)c1ccccc1)OC)N(C)C(=O)[C@@H](CC(=O)[C@H](CC)N(C)C(=O)OCc1ccc(NC(=O)[C@H](CCCNC(N)=O)CC(=O)[C@@H](NC(=O)CCCn2nnc(CCl)c2CCl)C(C)C)cc1)C(C)C. The van der Waals surface area contributed by atoms with E-state index in [0.717, 1.165) is 0 Å². The van der Waals surface area contributed by atoms with E-state index in [4.69, 9.17) is 43.1 Å². The Kier molecular flexibility index (Phi) is 33.2. The third kappa shape index (κ3) is 23.0. The zero-order valence-corrected chi connectivity index (χ0v) is 58.2. The van der Waals surface area contributed by atoms with Crippen LogP contribution in [0.4, 0.5) is 15.3 Å². The molecule has 8 amide bonds. The highest BCUT2D eigenvalue weighted by molar-refractivity contribution is 6.18. The number of likely N-dealkylation sites (N-methyl/N-ethyl adjacent to an activating group) is 2. The maximum absolute atomic E-state index is 14.8. The molecule has 2 heterocycles. The molecule has 26 heteroatoms. The molecule has 0 radical (unpaired) electrons. The summed E-state index contributed by atoms with van der Waals surface area (Å²) in [7, 11) is 6.19. The molecule has 93 heavy (non-hydrogen) atoms. The Labute approximate surface area is 559 Å². The lowest BCUT2D eigenvalue weighted by Crippen LogP contribution is -2.54. The van der Waals surface area contributed by atoms with Crippen LogP contribution in [0.1, 0.15) is 162 Å². The highest BCUT2D eigenvalue weighted by Crippen LogP contribution is 2.32. The molecule has 1 aliphatic heterocycles. The van der Waals surface area contributed by atoms with Crippen LogP contribution in [-0.4, -0.2) is 172 Å². The number of likely N-dealkylation sites (tertiary alicyclic amines) is 1. The number of aromatic nitrogens is 3. The summed E-state index contributed by atoms with van der Waals surface area (Å²) in [5, 5.41) is 30.2. The number of aryl methyl sites for hydroxylation is 1. The zero-order chi connectivity index (χ0) is 69.2.